The molecule has 19 heavy (non-hydrogen) atoms. The molecule has 3 heteroatoms. The third-order valence-electron chi connectivity index (χ3n) is 3.50. The van der Waals surface area contributed by atoms with Crippen LogP contribution in [0.5, 0.6) is 0 Å². The zero-order valence-electron chi connectivity index (χ0n) is 11.8. The first-order valence-electron chi connectivity index (χ1n) is 7.06. The average Bonchev–Trinajstić information content (AvgIpc) is 2.84. The Balaban J connectivity index is 1.89. The highest BCUT2D eigenvalue weighted by atomic mass is 15.2. The van der Waals surface area contributed by atoms with E-state index in [1.54, 1.807) is 0 Å². The number of aromatic nitrogens is 2. The van der Waals surface area contributed by atoms with E-state index >= 15 is 0 Å². The van der Waals surface area contributed by atoms with Crippen LogP contribution in [0.1, 0.15) is 37.1 Å². The van der Waals surface area contributed by atoms with Gasteiger partial charge in [-0.05, 0) is 37.4 Å². The molecule has 0 saturated heterocycles. The molecule has 0 radical (unpaired) electrons. The lowest BCUT2D eigenvalue weighted by Crippen LogP contribution is -2.21. The maximum Gasteiger partial charge on any atom is 0.0492 e. The molecular weight excluding hydrogens is 234 g/mol. The molecule has 2 aromatic rings. The van der Waals surface area contributed by atoms with Crippen LogP contribution in [-0.2, 0) is 13.5 Å². The first-order chi connectivity index (χ1) is 9.31. The van der Waals surface area contributed by atoms with E-state index in [0.29, 0.717) is 6.04 Å². The third-order valence-corrected chi connectivity index (χ3v) is 3.50. The molecule has 0 fully saturated rings. The van der Waals surface area contributed by atoms with Crippen molar-refractivity contribution < 1.29 is 0 Å². The molecular formula is C16H23N3. The van der Waals surface area contributed by atoms with Crippen LogP contribution in [0.15, 0.2) is 42.6 Å². The normalized spacial score (nSPS) is 12.5. The van der Waals surface area contributed by atoms with Crippen molar-refractivity contribution in [1.82, 2.24) is 15.1 Å². The summed E-state index contributed by atoms with van der Waals surface area (Å²) in [5, 5.41) is 7.78. The summed E-state index contributed by atoms with van der Waals surface area (Å²) in [6, 6.07) is 13.3. The minimum Gasteiger partial charge on any atom is -0.310 e. The third kappa shape index (κ3) is 3.93. The predicted octanol–water partition coefficient (Wildman–Crippen LogP) is 3.09. The van der Waals surface area contributed by atoms with E-state index in [1.807, 2.05) is 17.9 Å². The van der Waals surface area contributed by atoms with Gasteiger partial charge in [0, 0.05) is 25.0 Å². The van der Waals surface area contributed by atoms with E-state index < -0.39 is 0 Å². The number of nitrogens with one attached hydrogen (secondary N) is 1. The Morgan fingerprint density at radius 2 is 2.00 bits per heavy atom. The molecule has 3 nitrogen and oxygen atoms in total. The van der Waals surface area contributed by atoms with Gasteiger partial charge in [0.2, 0.25) is 0 Å². The van der Waals surface area contributed by atoms with Crippen molar-refractivity contribution in [2.75, 3.05) is 6.54 Å². The lowest BCUT2D eigenvalue weighted by molar-refractivity contribution is 0.493. The fraction of sp³-hybridized carbons (Fsp3) is 0.438. The van der Waals surface area contributed by atoms with Gasteiger partial charge >= 0.3 is 0 Å². The molecule has 0 amide bonds. The predicted molar refractivity (Wildman–Crippen MR) is 79.0 cm³/mol. The van der Waals surface area contributed by atoms with E-state index in [-0.39, 0.29) is 0 Å². The highest BCUT2D eigenvalue weighted by Crippen LogP contribution is 2.19. The highest BCUT2D eigenvalue weighted by Gasteiger charge is 2.09. The molecule has 0 aliphatic heterocycles. The molecule has 1 heterocycles. The number of nitrogens with zero attached hydrogens (tertiary/aromatic N) is 2. The van der Waals surface area contributed by atoms with Crippen LogP contribution in [0, 0.1) is 0 Å². The van der Waals surface area contributed by atoms with Crippen molar-refractivity contribution in [2.24, 2.45) is 7.05 Å². The second-order valence-electron chi connectivity index (χ2n) is 4.86. The average molecular weight is 257 g/mol. The second kappa shape index (κ2) is 7.10. The number of benzene rings is 1. The molecule has 1 N–H and O–H groups in total. The van der Waals surface area contributed by atoms with Crippen LogP contribution < -0.4 is 5.32 Å². The van der Waals surface area contributed by atoms with E-state index in [2.05, 4.69) is 53.7 Å². The largest absolute Gasteiger partial charge is 0.310 e. The van der Waals surface area contributed by atoms with E-state index in [9.17, 15) is 0 Å². The molecule has 1 aromatic carbocycles. The van der Waals surface area contributed by atoms with Gasteiger partial charge in [0.1, 0.15) is 0 Å². The Labute approximate surface area is 115 Å². The minimum atomic E-state index is 0.458. The summed E-state index contributed by atoms with van der Waals surface area (Å²) in [7, 11) is 2.01. The Morgan fingerprint density at radius 1 is 1.21 bits per heavy atom. The van der Waals surface area contributed by atoms with E-state index in [4.69, 9.17) is 0 Å². The maximum absolute atomic E-state index is 4.21. The fourth-order valence-corrected chi connectivity index (χ4v) is 2.45. The number of hydrogen-bond donors (Lipinski definition) is 1. The van der Waals surface area contributed by atoms with Gasteiger partial charge in [0.15, 0.2) is 0 Å². The van der Waals surface area contributed by atoms with Crippen LogP contribution in [0.4, 0.5) is 0 Å². The lowest BCUT2D eigenvalue weighted by atomic mass is 10.0. The summed E-state index contributed by atoms with van der Waals surface area (Å²) >= 11 is 0. The topological polar surface area (TPSA) is 29.9 Å². The minimum absolute atomic E-state index is 0.458. The summed E-state index contributed by atoms with van der Waals surface area (Å²) in [5.41, 5.74) is 2.69. The molecule has 1 atom stereocenters. The molecule has 0 aliphatic carbocycles. The van der Waals surface area contributed by atoms with Crippen molar-refractivity contribution in [3.63, 3.8) is 0 Å². The number of aryl methyl sites for hydroxylation is 2. The van der Waals surface area contributed by atoms with Gasteiger partial charge in [-0.15, -0.1) is 0 Å². The molecule has 0 saturated carbocycles. The Kier molecular flexibility index (Phi) is 5.16. The van der Waals surface area contributed by atoms with Crippen molar-refractivity contribution >= 4 is 0 Å². The SMILES string of the molecule is CCNC(CCCc1ccnn1C)c1ccccc1. The second-order valence-corrected chi connectivity index (χ2v) is 4.86. The van der Waals surface area contributed by atoms with Crippen LogP contribution in [-0.4, -0.2) is 16.3 Å². The zero-order valence-corrected chi connectivity index (χ0v) is 11.8. The summed E-state index contributed by atoms with van der Waals surface area (Å²) in [6.45, 7) is 3.17. The lowest BCUT2D eigenvalue weighted by Gasteiger charge is -2.18. The van der Waals surface area contributed by atoms with Crippen LogP contribution in [0.3, 0.4) is 0 Å². The Morgan fingerprint density at radius 3 is 2.63 bits per heavy atom. The number of rotatable bonds is 7. The van der Waals surface area contributed by atoms with Gasteiger partial charge in [0.05, 0.1) is 0 Å². The van der Waals surface area contributed by atoms with Gasteiger partial charge in [0.25, 0.3) is 0 Å². The molecule has 0 bridgehead atoms. The van der Waals surface area contributed by atoms with Crippen LogP contribution in [0.2, 0.25) is 0 Å². The zero-order chi connectivity index (χ0) is 13.5. The van der Waals surface area contributed by atoms with Crippen molar-refractivity contribution in [3.05, 3.63) is 53.9 Å². The van der Waals surface area contributed by atoms with Crippen molar-refractivity contribution in [3.8, 4) is 0 Å². The summed E-state index contributed by atoms with van der Waals surface area (Å²) in [5.74, 6) is 0. The molecule has 2 rings (SSSR count). The van der Waals surface area contributed by atoms with Gasteiger partial charge < -0.3 is 5.32 Å². The quantitative estimate of drug-likeness (QED) is 0.826. The Bertz CT molecular complexity index is 476. The van der Waals surface area contributed by atoms with Gasteiger partial charge in [-0.25, -0.2) is 0 Å². The first-order valence-corrected chi connectivity index (χ1v) is 7.06. The van der Waals surface area contributed by atoms with Crippen LogP contribution >= 0.6 is 0 Å². The summed E-state index contributed by atoms with van der Waals surface area (Å²) in [4.78, 5) is 0. The first kappa shape index (κ1) is 13.8. The Hall–Kier alpha value is -1.61. The van der Waals surface area contributed by atoms with Gasteiger partial charge in [-0.2, -0.15) is 5.10 Å². The summed E-state index contributed by atoms with van der Waals surface area (Å²) in [6.07, 6.45) is 5.29. The van der Waals surface area contributed by atoms with Gasteiger partial charge in [-0.1, -0.05) is 37.3 Å². The fourth-order valence-electron chi connectivity index (χ4n) is 2.45. The number of hydrogen-bond acceptors (Lipinski definition) is 2. The molecule has 0 spiro atoms. The van der Waals surface area contributed by atoms with Gasteiger partial charge in [-0.3, -0.25) is 4.68 Å². The van der Waals surface area contributed by atoms with E-state index in [0.717, 1.165) is 19.4 Å². The molecule has 1 unspecified atom stereocenters. The van der Waals surface area contributed by atoms with Crippen molar-refractivity contribution in [1.29, 1.82) is 0 Å². The molecule has 102 valence electrons. The van der Waals surface area contributed by atoms with E-state index in [1.165, 1.54) is 17.7 Å². The maximum atomic E-state index is 4.21. The standard InChI is InChI=1S/C16H23N3/c1-3-17-16(14-8-5-4-6-9-14)11-7-10-15-12-13-18-19(15)2/h4-6,8-9,12-13,16-17H,3,7,10-11H2,1-2H3. The van der Waals surface area contributed by atoms with Crippen molar-refractivity contribution in [2.45, 2.75) is 32.2 Å². The summed E-state index contributed by atoms with van der Waals surface area (Å²) < 4.78 is 1.96. The monoisotopic (exact) mass is 257 g/mol. The highest BCUT2D eigenvalue weighted by molar-refractivity contribution is 5.18. The molecule has 0 aliphatic rings. The molecule has 1 aromatic heterocycles. The smallest absolute Gasteiger partial charge is 0.0492 e. The van der Waals surface area contributed by atoms with Crippen LogP contribution in [0.25, 0.3) is 0 Å².